The van der Waals surface area contributed by atoms with Crippen molar-refractivity contribution in [3.63, 3.8) is 0 Å². The number of carboxylic acids is 1. The molecular weight excluding hydrogens is 264 g/mol. The molecule has 0 radical (unpaired) electrons. The maximum Gasteiger partial charge on any atom is 0.324 e. The van der Waals surface area contributed by atoms with Crippen LogP contribution in [0.5, 0.6) is 0 Å². The van der Waals surface area contributed by atoms with Gasteiger partial charge in [-0.1, -0.05) is 0 Å². The zero-order valence-corrected chi connectivity index (χ0v) is 11.3. The van der Waals surface area contributed by atoms with Gasteiger partial charge in [-0.05, 0) is 25.7 Å². The number of carbonyl (C=O) groups excluding carboxylic acids is 2. The fourth-order valence-corrected chi connectivity index (χ4v) is 2.60. The topological polar surface area (TPSA) is 95.9 Å². The van der Waals surface area contributed by atoms with Gasteiger partial charge in [-0.3, -0.25) is 14.9 Å². The molecule has 0 spiro atoms. The van der Waals surface area contributed by atoms with Crippen molar-refractivity contribution in [2.45, 2.75) is 50.7 Å². The molecule has 2 fully saturated rings. The van der Waals surface area contributed by atoms with Crippen molar-refractivity contribution in [1.29, 1.82) is 0 Å². The zero-order valence-electron chi connectivity index (χ0n) is 11.3. The van der Waals surface area contributed by atoms with E-state index in [0.717, 1.165) is 12.8 Å². The van der Waals surface area contributed by atoms with Crippen molar-refractivity contribution >= 4 is 17.9 Å². The molecule has 7 heteroatoms. The fourth-order valence-electron chi connectivity index (χ4n) is 2.60. The minimum Gasteiger partial charge on any atom is -0.481 e. The Kier molecular flexibility index (Phi) is 4.94. The van der Waals surface area contributed by atoms with E-state index in [2.05, 4.69) is 5.32 Å². The number of aliphatic carboxylic acids is 1. The van der Waals surface area contributed by atoms with E-state index in [1.54, 1.807) is 4.90 Å². The average Bonchev–Trinajstić information content (AvgIpc) is 2.73. The highest BCUT2D eigenvalue weighted by atomic mass is 16.5. The van der Waals surface area contributed by atoms with E-state index in [1.807, 2.05) is 0 Å². The number of amides is 3. The summed E-state index contributed by atoms with van der Waals surface area (Å²) in [4.78, 5) is 35.4. The predicted molar refractivity (Wildman–Crippen MR) is 69.1 cm³/mol. The molecule has 2 saturated heterocycles. The second kappa shape index (κ2) is 6.69. The minimum absolute atomic E-state index is 0.0497. The third-order valence-electron chi connectivity index (χ3n) is 3.62. The second-order valence-corrected chi connectivity index (χ2v) is 5.32. The molecule has 3 amide bonds. The molecule has 2 unspecified atom stereocenters. The van der Waals surface area contributed by atoms with Gasteiger partial charge in [-0.25, -0.2) is 4.79 Å². The molecule has 0 aromatic carbocycles. The van der Waals surface area contributed by atoms with Crippen LogP contribution in [0, 0.1) is 0 Å². The monoisotopic (exact) mass is 284 g/mol. The van der Waals surface area contributed by atoms with Gasteiger partial charge in [0.1, 0.15) is 0 Å². The molecule has 7 nitrogen and oxygen atoms in total. The van der Waals surface area contributed by atoms with Gasteiger partial charge in [0.2, 0.25) is 5.91 Å². The number of ether oxygens (including phenoxy) is 1. The first-order valence-corrected chi connectivity index (χ1v) is 7.00. The Morgan fingerprint density at radius 1 is 1.10 bits per heavy atom. The number of carboxylic acid groups (broad SMARTS) is 1. The quantitative estimate of drug-likeness (QED) is 0.726. The summed E-state index contributed by atoms with van der Waals surface area (Å²) < 4.78 is 5.62. The lowest BCUT2D eigenvalue weighted by Gasteiger charge is -2.31. The number of fused-ring (bicyclic) bond motifs is 2. The van der Waals surface area contributed by atoms with Crippen molar-refractivity contribution in [2.75, 3.05) is 13.1 Å². The number of unbranched alkanes of at least 4 members (excludes halogenated alkanes) is 1. The lowest BCUT2D eigenvalue weighted by atomic mass is 10.2. The van der Waals surface area contributed by atoms with Gasteiger partial charge in [0, 0.05) is 25.9 Å². The van der Waals surface area contributed by atoms with Gasteiger partial charge in [0.15, 0.2) is 0 Å². The van der Waals surface area contributed by atoms with Gasteiger partial charge in [0.25, 0.3) is 0 Å². The molecule has 2 rings (SSSR count). The Morgan fingerprint density at radius 2 is 1.70 bits per heavy atom. The smallest absolute Gasteiger partial charge is 0.324 e. The fraction of sp³-hybridized carbons (Fsp3) is 0.769. The Labute approximate surface area is 117 Å². The van der Waals surface area contributed by atoms with Crippen LogP contribution in [0.2, 0.25) is 0 Å². The molecule has 0 saturated carbocycles. The highest BCUT2D eigenvalue weighted by Gasteiger charge is 2.35. The first-order valence-electron chi connectivity index (χ1n) is 7.00. The maximum atomic E-state index is 11.9. The number of carbonyl (C=O) groups is 3. The summed E-state index contributed by atoms with van der Waals surface area (Å²) in [5.74, 6) is -1.22. The van der Waals surface area contributed by atoms with Crippen LogP contribution in [0.25, 0.3) is 0 Å². The van der Waals surface area contributed by atoms with Crippen LogP contribution < -0.4 is 5.32 Å². The number of urea groups is 1. The average molecular weight is 284 g/mol. The van der Waals surface area contributed by atoms with Crippen LogP contribution in [0.1, 0.15) is 38.5 Å². The van der Waals surface area contributed by atoms with E-state index in [-0.39, 0.29) is 37.0 Å². The van der Waals surface area contributed by atoms with Crippen LogP contribution in [0.15, 0.2) is 0 Å². The molecule has 2 N–H and O–H groups in total. The molecule has 2 aliphatic heterocycles. The Morgan fingerprint density at radius 3 is 2.30 bits per heavy atom. The van der Waals surface area contributed by atoms with Crippen molar-refractivity contribution in [3.05, 3.63) is 0 Å². The van der Waals surface area contributed by atoms with Crippen LogP contribution in [-0.2, 0) is 14.3 Å². The van der Waals surface area contributed by atoms with Gasteiger partial charge >= 0.3 is 12.0 Å². The molecule has 2 atom stereocenters. The van der Waals surface area contributed by atoms with Gasteiger partial charge in [-0.2, -0.15) is 0 Å². The number of hydrogen-bond donors (Lipinski definition) is 2. The summed E-state index contributed by atoms with van der Waals surface area (Å²) >= 11 is 0. The second-order valence-electron chi connectivity index (χ2n) is 5.32. The van der Waals surface area contributed by atoms with Gasteiger partial charge in [0.05, 0.1) is 12.2 Å². The molecule has 0 aliphatic carbocycles. The first-order chi connectivity index (χ1) is 9.54. The number of nitrogens with one attached hydrogen (secondary N) is 1. The van der Waals surface area contributed by atoms with Gasteiger partial charge < -0.3 is 14.7 Å². The molecule has 20 heavy (non-hydrogen) atoms. The molecule has 2 heterocycles. The maximum absolute atomic E-state index is 11.9. The van der Waals surface area contributed by atoms with E-state index in [0.29, 0.717) is 25.9 Å². The molecule has 0 aromatic rings. The van der Waals surface area contributed by atoms with E-state index >= 15 is 0 Å². The highest BCUT2D eigenvalue weighted by Crippen LogP contribution is 2.26. The van der Waals surface area contributed by atoms with Crippen molar-refractivity contribution in [2.24, 2.45) is 0 Å². The zero-order chi connectivity index (χ0) is 14.5. The summed E-state index contributed by atoms with van der Waals surface area (Å²) in [5.41, 5.74) is 0. The Bertz CT molecular complexity index is 386. The number of imide groups is 1. The first kappa shape index (κ1) is 14.8. The normalized spacial score (nSPS) is 24.5. The molecule has 112 valence electrons. The molecular formula is C13H20N2O5. The van der Waals surface area contributed by atoms with Crippen LogP contribution in [0.4, 0.5) is 4.79 Å². The SMILES string of the molecule is O=C(O)CCCCC(=O)NC(=O)N1CC2CCC(C1)O2. The summed E-state index contributed by atoms with van der Waals surface area (Å²) in [6.07, 6.45) is 3.29. The summed E-state index contributed by atoms with van der Waals surface area (Å²) in [6, 6.07) is -0.367. The van der Waals surface area contributed by atoms with Crippen molar-refractivity contribution < 1.29 is 24.2 Å². The van der Waals surface area contributed by atoms with E-state index in [4.69, 9.17) is 9.84 Å². The lowest BCUT2D eigenvalue weighted by Crippen LogP contribution is -2.51. The lowest BCUT2D eigenvalue weighted by molar-refractivity contribution is -0.137. The molecule has 0 aromatic heterocycles. The number of nitrogens with zero attached hydrogens (tertiary/aromatic N) is 1. The third kappa shape index (κ3) is 4.19. The Hall–Kier alpha value is -1.63. The van der Waals surface area contributed by atoms with Crippen molar-refractivity contribution in [1.82, 2.24) is 10.2 Å². The molecule has 2 bridgehead atoms. The van der Waals surface area contributed by atoms with E-state index in [9.17, 15) is 14.4 Å². The van der Waals surface area contributed by atoms with Crippen LogP contribution >= 0.6 is 0 Å². The number of rotatable bonds is 5. The predicted octanol–water partition coefficient (Wildman–Crippen LogP) is 0.731. The highest BCUT2D eigenvalue weighted by molar-refractivity contribution is 5.94. The van der Waals surface area contributed by atoms with Crippen LogP contribution in [-0.4, -0.2) is 53.2 Å². The number of likely N-dealkylation sites (tertiary alicyclic amines) is 1. The summed E-state index contributed by atoms with van der Waals surface area (Å²) in [6.45, 7) is 1.07. The standard InChI is InChI=1S/C13H20N2O5/c16-11(3-1-2-4-12(17)18)14-13(19)15-7-9-5-6-10(8-15)20-9/h9-10H,1-8H2,(H,17,18)(H,14,16,19). The molecule has 2 aliphatic rings. The number of morpholine rings is 1. The summed E-state index contributed by atoms with van der Waals surface area (Å²) in [7, 11) is 0. The minimum atomic E-state index is -0.870. The third-order valence-corrected chi connectivity index (χ3v) is 3.62. The van der Waals surface area contributed by atoms with Gasteiger partial charge in [-0.15, -0.1) is 0 Å². The summed E-state index contributed by atoms with van der Waals surface area (Å²) in [5, 5.41) is 10.8. The van der Waals surface area contributed by atoms with E-state index < -0.39 is 5.97 Å². The number of hydrogen-bond acceptors (Lipinski definition) is 4. The van der Waals surface area contributed by atoms with Crippen LogP contribution in [0.3, 0.4) is 0 Å². The van der Waals surface area contributed by atoms with Crippen molar-refractivity contribution in [3.8, 4) is 0 Å². The largest absolute Gasteiger partial charge is 0.481 e. The van der Waals surface area contributed by atoms with E-state index in [1.165, 1.54) is 0 Å². The Balaban J connectivity index is 1.66.